The number of halogens is 2. The molecule has 222 valence electrons. The van der Waals surface area contributed by atoms with Gasteiger partial charge in [0.05, 0.1) is 22.3 Å². The maximum absolute atomic E-state index is 14.8. The van der Waals surface area contributed by atoms with Gasteiger partial charge < -0.3 is 19.4 Å². The first kappa shape index (κ1) is 27.4. The molecule has 12 heteroatoms. The molecule has 42 heavy (non-hydrogen) atoms. The molecule has 0 atom stereocenters. The monoisotopic (exact) mass is 594 g/mol. The molecule has 0 radical (unpaired) electrons. The van der Waals surface area contributed by atoms with Gasteiger partial charge in [-0.3, -0.25) is 14.8 Å². The van der Waals surface area contributed by atoms with Crippen LogP contribution in [0.3, 0.4) is 0 Å². The first-order valence-electron chi connectivity index (χ1n) is 15.0. The summed E-state index contributed by atoms with van der Waals surface area (Å²) in [5, 5.41) is 7.89. The quantitative estimate of drug-likeness (QED) is 0.411. The van der Waals surface area contributed by atoms with E-state index in [9.17, 15) is 9.18 Å². The molecule has 7 rings (SSSR count). The Kier molecular flexibility index (Phi) is 7.17. The van der Waals surface area contributed by atoms with Crippen molar-refractivity contribution < 1.29 is 13.9 Å². The summed E-state index contributed by atoms with van der Waals surface area (Å²) in [5.74, 6) is 1.13. The molecule has 1 aromatic carbocycles. The van der Waals surface area contributed by atoms with E-state index in [1.165, 1.54) is 25.0 Å². The van der Waals surface area contributed by atoms with E-state index in [0.717, 1.165) is 67.9 Å². The van der Waals surface area contributed by atoms with Crippen LogP contribution in [0.5, 0.6) is 6.01 Å². The van der Waals surface area contributed by atoms with Gasteiger partial charge in [0.25, 0.3) is 0 Å². The van der Waals surface area contributed by atoms with Gasteiger partial charge in [-0.05, 0) is 57.7 Å². The topological polar surface area (TPSA) is 93.7 Å². The lowest BCUT2D eigenvalue weighted by Gasteiger charge is -2.38. The van der Waals surface area contributed by atoms with Crippen LogP contribution in [-0.2, 0) is 17.8 Å². The molecule has 10 nitrogen and oxygen atoms in total. The Balaban J connectivity index is 1.23. The number of nitrogens with zero attached hydrogens (tertiary/aromatic N) is 7. The minimum Gasteiger partial charge on any atom is -0.461 e. The summed E-state index contributed by atoms with van der Waals surface area (Å²) in [7, 11) is 0. The molecule has 6 heterocycles. The van der Waals surface area contributed by atoms with Gasteiger partial charge in [-0.2, -0.15) is 15.1 Å². The maximum atomic E-state index is 14.8. The maximum Gasteiger partial charge on any atom is 0.320 e. The van der Waals surface area contributed by atoms with Gasteiger partial charge in [-0.25, -0.2) is 4.39 Å². The van der Waals surface area contributed by atoms with E-state index in [2.05, 4.69) is 31.5 Å². The Morgan fingerprint density at radius 3 is 2.62 bits per heavy atom. The normalized spacial score (nSPS) is 20.2. The average Bonchev–Trinajstić information content (AvgIpc) is 3.74. The van der Waals surface area contributed by atoms with E-state index in [0.29, 0.717) is 56.4 Å². The van der Waals surface area contributed by atoms with Crippen molar-refractivity contribution in [2.45, 2.75) is 50.6 Å². The highest BCUT2D eigenvalue weighted by Crippen LogP contribution is 2.41. The highest BCUT2D eigenvalue weighted by atomic mass is 35.5. The van der Waals surface area contributed by atoms with Crippen molar-refractivity contribution in [1.82, 2.24) is 30.0 Å². The second-order valence-electron chi connectivity index (χ2n) is 11.9. The molecule has 3 saturated heterocycles. The number of nitrogens with one attached hydrogen (secondary N) is 1. The summed E-state index contributed by atoms with van der Waals surface area (Å²) in [6, 6.07) is 1.75. The number of carbonyl (C=O) groups excluding carboxylic acids is 1. The van der Waals surface area contributed by atoms with Gasteiger partial charge >= 0.3 is 6.01 Å². The van der Waals surface area contributed by atoms with Crippen LogP contribution in [0.15, 0.2) is 24.9 Å². The van der Waals surface area contributed by atoms with E-state index < -0.39 is 5.82 Å². The molecule has 2 aromatic heterocycles. The molecule has 1 amide bonds. The number of hydrogen-bond donors (Lipinski definition) is 1. The standard InChI is InChI=1S/C30H36ClFN8O2/c1-2-25(41)37-12-14-38(15-13-37)27-20-6-3-9-39(18-22-21-17-33-36-24(21)16-23(32)26(22)31)28(20)35-29(34-27)42-19-30-7-4-10-40(30)11-5-8-30/h2,16-17H,1,3-15,18-19H2,(H,33,36). The molecule has 3 aromatic rings. The molecule has 0 aliphatic carbocycles. The summed E-state index contributed by atoms with van der Waals surface area (Å²) in [4.78, 5) is 31.0. The van der Waals surface area contributed by atoms with Crippen LogP contribution in [0.25, 0.3) is 10.9 Å². The van der Waals surface area contributed by atoms with Crippen molar-refractivity contribution in [3.63, 3.8) is 0 Å². The number of aromatic amines is 1. The molecular weight excluding hydrogens is 559 g/mol. The number of ether oxygens (including phenoxy) is 1. The van der Waals surface area contributed by atoms with Crippen molar-refractivity contribution in [2.24, 2.45) is 0 Å². The largest absolute Gasteiger partial charge is 0.461 e. The fourth-order valence-electron chi connectivity index (χ4n) is 7.33. The van der Waals surface area contributed by atoms with Gasteiger partial charge in [0, 0.05) is 61.8 Å². The van der Waals surface area contributed by atoms with Crippen LogP contribution in [-0.4, -0.2) is 93.8 Å². The van der Waals surface area contributed by atoms with Crippen molar-refractivity contribution in [3.8, 4) is 6.01 Å². The first-order valence-corrected chi connectivity index (χ1v) is 15.3. The number of H-pyrrole nitrogens is 1. The zero-order chi connectivity index (χ0) is 28.8. The number of fused-ring (bicyclic) bond motifs is 3. The lowest BCUT2D eigenvalue weighted by atomic mass is 9.95. The van der Waals surface area contributed by atoms with Gasteiger partial charge in [0.15, 0.2) is 0 Å². The van der Waals surface area contributed by atoms with Crippen molar-refractivity contribution in [2.75, 3.05) is 62.2 Å². The van der Waals surface area contributed by atoms with E-state index in [1.807, 2.05) is 4.90 Å². The molecule has 1 N–H and O–H groups in total. The molecular formula is C30H36ClFN8O2. The van der Waals surface area contributed by atoms with Gasteiger partial charge in [-0.15, -0.1) is 0 Å². The second kappa shape index (κ2) is 11.0. The molecule has 0 unspecified atom stereocenters. The van der Waals surface area contributed by atoms with Crippen molar-refractivity contribution >= 4 is 40.0 Å². The Labute approximate surface area is 249 Å². The highest BCUT2D eigenvalue weighted by Gasteiger charge is 2.45. The Morgan fingerprint density at radius 1 is 1.10 bits per heavy atom. The Morgan fingerprint density at radius 2 is 1.86 bits per heavy atom. The molecule has 0 spiro atoms. The zero-order valence-corrected chi connectivity index (χ0v) is 24.5. The molecule has 4 aliphatic heterocycles. The number of anilines is 2. The smallest absolute Gasteiger partial charge is 0.320 e. The molecule has 0 saturated carbocycles. The van der Waals surface area contributed by atoms with Gasteiger partial charge in [0.1, 0.15) is 24.1 Å². The summed E-state index contributed by atoms with van der Waals surface area (Å²) in [5.41, 5.74) is 2.41. The van der Waals surface area contributed by atoms with E-state index in [-0.39, 0.29) is 16.5 Å². The van der Waals surface area contributed by atoms with Crippen LogP contribution >= 0.6 is 11.6 Å². The van der Waals surface area contributed by atoms with Crippen LogP contribution < -0.4 is 14.5 Å². The summed E-state index contributed by atoms with van der Waals surface area (Å²) >= 11 is 6.53. The van der Waals surface area contributed by atoms with Crippen LogP contribution in [0.1, 0.15) is 43.2 Å². The van der Waals surface area contributed by atoms with E-state index in [1.54, 1.807) is 6.20 Å². The summed E-state index contributed by atoms with van der Waals surface area (Å²) < 4.78 is 21.3. The average molecular weight is 595 g/mol. The third kappa shape index (κ3) is 4.76. The second-order valence-corrected chi connectivity index (χ2v) is 12.2. The van der Waals surface area contributed by atoms with E-state index >= 15 is 0 Å². The van der Waals surface area contributed by atoms with Crippen molar-refractivity contribution in [1.29, 1.82) is 0 Å². The highest BCUT2D eigenvalue weighted by molar-refractivity contribution is 6.32. The Hall–Kier alpha value is -3.44. The van der Waals surface area contributed by atoms with Gasteiger partial charge in [0.2, 0.25) is 5.91 Å². The first-order chi connectivity index (χ1) is 20.5. The summed E-state index contributed by atoms with van der Waals surface area (Å²) in [6.45, 7) is 10.1. The molecule has 4 aliphatic rings. The number of piperazine rings is 1. The molecule has 0 bridgehead atoms. The molecule has 3 fully saturated rings. The fourth-order valence-corrected chi connectivity index (χ4v) is 7.55. The number of benzene rings is 1. The number of rotatable bonds is 7. The predicted octanol–water partition coefficient (Wildman–Crippen LogP) is 3.94. The number of hydrogen-bond acceptors (Lipinski definition) is 8. The van der Waals surface area contributed by atoms with Gasteiger partial charge in [-0.1, -0.05) is 18.2 Å². The fraction of sp³-hybridized carbons (Fsp3) is 0.533. The number of amides is 1. The zero-order valence-electron chi connectivity index (χ0n) is 23.7. The number of aromatic nitrogens is 4. The van der Waals surface area contributed by atoms with Crippen LogP contribution in [0, 0.1) is 5.82 Å². The SMILES string of the molecule is C=CC(=O)N1CCN(c2nc(OCC34CCCN3CCC4)nc3c2CCCN3Cc2c(Cl)c(F)cc3[nH]ncc23)CC1. The Bertz CT molecular complexity index is 1510. The minimum atomic E-state index is -0.475. The van der Waals surface area contributed by atoms with E-state index in [4.69, 9.17) is 26.3 Å². The van der Waals surface area contributed by atoms with Crippen LogP contribution in [0.4, 0.5) is 16.0 Å². The third-order valence-corrected chi connectivity index (χ3v) is 9.94. The minimum absolute atomic E-state index is 0.0518. The third-order valence-electron chi connectivity index (χ3n) is 9.53. The van der Waals surface area contributed by atoms with Crippen molar-refractivity contribution in [3.05, 3.63) is 46.9 Å². The summed E-state index contributed by atoms with van der Waals surface area (Å²) in [6.07, 6.45) is 9.44. The lowest BCUT2D eigenvalue weighted by molar-refractivity contribution is -0.126. The number of carbonyl (C=O) groups is 1. The lowest BCUT2D eigenvalue weighted by Crippen LogP contribution is -2.49. The van der Waals surface area contributed by atoms with Crippen LogP contribution in [0.2, 0.25) is 5.02 Å². The predicted molar refractivity (Wildman–Crippen MR) is 160 cm³/mol.